The number of rotatable bonds is 4. The highest BCUT2D eigenvalue weighted by atomic mass is 16.4. The number of amides is 1. The summed E-state index contributed by atoms with van der Waals surface area (Å²) in [5.74, 6) is -0.0590. The molecule has 1 amide bonds. The van der Waals surface area contributed by atoms with Crippen LogP contribution in [0, 0.1) is 5.92 Å². The van der Waals surface area contributed by atoms with E-state index in [-0.39, 0.29) is 17.7 Å². The number of nitrogens with one attached hydrogen (secondary N) is 1. The zero-order valence-corrected chi connectivity index (χ0v) is 9.97. The number of oxime groups is 1. The van der Waals surface area contributed by atoms with Gasteiger partial charge in [0.1, 0.15) is 0 Å². The molecular weight excluding hydrogens is 218 g/mol. The normalized spacial score (nSPS) is 13.2. The summed E-state index contributed by atoms with van der Waals surface area (Å²) in [7, 11) is 0. The van der Waals surface area contributed by atoms with Gasteiger partial charge in [0.25, 0.3) is 0 Å². The van der Waals surface area contributed by atoms with E-state index in [1.165, 1.54) is 0 Å². The summed E-state index contributed by atoms with van der Waals surface area (Å²) in [6.07, 6.45) is 0.783. The van der Waals surface area contributed by atoms with Crippen molar-refractivity contribution >= 4 is 17.4 Å². The topological polar surface area (TPSA) is 87.7 Å². The molecule has 0 radical (unpaired) electrons. The summed E-state index contributed by atoms with van der Waals surface area (Å²) < 4.78 is 0. The van der Waals surface area contributed by atoms with Crippen molar-refractivity contribution in [3.05, 3.63) is 29.8 Å². The summed E-state index contributed by atoms with van der Waals surface area (Å²) in [6, 6.07) is 6.86. The minimum Gasteiger partial charge on any atom is -0.409 e. The third-order valence-electron chi connectivity index (χ3n) is 2.59. The first kappa shape index (κ1) is 13.0. The molecule has 5 heteroatoms. The van der Waals surface area contributed by atoms with Gasteiger partial charge in [-0.2, -0.15) is 0 Å². The van der Waals surface area contributed by atoms with Crippen molar-refractivity contribution in [1.82, 2.24) is 0 Å². The van der Waals surface area contributed by atoms with Crippen LogP contribution in [0.1, 0.15) is 25.8 Å². The lowest BCUT2D eigenvalue weighted by Gasteiger charge is -2.10. The second-order valence-electron chi connectivity index (χ2n) is 3.86. The summed E-state index contributed by atoms with van der Waals surface area (Å²) in [5.41, 5.74) is 6.67. The van der Waals surface area contributed by atoms with Gasteiger partial charge in [-0.05, 0) is 18.6 Å². The maximum Gasteiger partial charge on any atom is 0.227 e. The number of benzene rings is 1. The van der Waals surface area contributed by atoms with Gasteiger partial charge in [-0.25, -0.2) is 0 Å². The van der Waals surface area contributed by atoms with Crippen LogP contribution in [0.25, 0.3) is 0 Å². The number of hydrogen-bond donors (Lipinski definition) is 3. The summed E-state index contributed by atoms with van der Waals surface area (Å²) in [6.45, 7) is 3.82. The third-order valence-corrected chi connectivity index (χ3v) is 2.59. The smallest absolute Gasteiger partial charge is 0.227 e. The Morgan fingerprint density at radius 3 is 2.88 bits per heavy atom. The van der Waals surface area contributed by atoms with E-state index in [1.54, 1.807) is 24.3 Å². The van der Waals surface area contributed by atoms with Crippen LogP contribution >= 0.6 is 0 Å². The Labute approximate surface area is 100 Å². The lowest BCUT2D eigenvalue weighted by molar-refractivity contribution is -0.119. The van der Waals surface area contributed by atoms with Gasteiger partial charge in [-0.15, -0.1) is 0 Å². The number of amidine groups is 1. The molecular formula is C12H17N3O2. The largest absolute Gasteiger partial charge is 0.409 e. The average molecular weight is 235 g/mol. The van der Waals surface area contributed by atoms with Crippen molar-refractivity contribution in [2.24, 2.45) is 16.8 Å². The molecule has 0 saturated carbocycles. The SMILES string of the molecule is CCC(C)C(=O)Nc1cccc(/C(N)=N/O)c1. The minimum absolute atomic E-state index is 0.0182. The van der Waals surface area contributed by atoms with Gasteiger partial charge in [0.15, 0.2) is 5.84 Å². The first-order valence-electron chi connectivity index (χ1n) is 5.47. The van der Waals surface area contributed by atoms with E-state index >= 15 is 0 Å². The van der Waals surface area contributed by atoms with E-state index in [0.29, 0.717) is 11.3 Å². The van der Waals surface area contributed by atoms with Gasteiger partial charge >= 0.3 is 0 Å². The molecule has 0 fully saturated rings. The molecule has 0 aliphatic heterocycles. The van der Waals surface area contributed by atoms with Crippen molar-refractivity contribution in [1.29, 1.82) is 0 Å². The second kappa shape index (κ2) is 5.89. The molecule has 1 rings (SSSR count). The predicted octanol–water partition coefficient (Wildman–Crippen LogP) is 1.77. The quantitative estimate of drug-likeness (QED) is 0.321. The number of carbonyl (C=O) groups excluding carboxylic acids is 1. The van der Waals surface area contributed by atoms with Gasteiger partial charge in [0, 0.05) is 17.2 Å². The lowest BCUT2D eigenvalue weighted by Crippen LogP contribution is -2.20. The number of nitrogens with zero attached hydrogens (tertiary/aromatic N) is 1. The van der Waals surface area contributed by atoms with Crippen molar-refractivity contribution in [3.63, 3.8) is 0 Å². The van der Waals surface area contributed by atoms with Crippen LogP contribution in [-0.4, -0.2) is 17.0 Å². The summed E-state index contributed by atoms with van der Waals surface area (Å²) >= 11 is 0. The van der Waals surface area contributed by atoms with Gasteiger partial charge in [-0.3, -0.25) is 4.79 Å². The maximum atomic E-state index is 11.7. The van der Waals surface area contributed by atoms with E-state index in [4.69, 9.17) is 10.9 Å². The predicted molar refractivity (Wildman–Crippen MR) is 67.0 cm³/mol. The molecule has 0 spiro atoms. The molecule has 0 heterocycles. The second-order valence-corrected chi connectivity index (χ2v) is 3.86. The number of anilines is 1. The maximum absolute atomic E-state index is 11.7. The molecule has 0 aliphatic carbocycles. The Hall–Kier alpha value is -2.04. The van der Waals surface area contributed by atoms with Gasteiger partial charge in [0.05, 0.1) is 0 Å². The molecule has 1 atom stereocenters. The summed E-state index contributed by atoms with van der Waals surface area (Å²) in [5, 5.41) is 14.3. The van der Waals surface area contributed by atoms with Crippen molar-refractivity contribution in [2.45, 2.75) is 20.3 Å². The molecule has 4 N–H and O–H groups in total. The summed E-state index contributed by atoms with van der Waals surface area (Å²) in [4.78, 5) is 11.7. The highest BCUT2D eigenvalue weighted by Crippen LogP contribution is 2.12. The molecule has 92 valence electrons. The Morgan fingerprint density at radius 1 is 1.59 bits per heavy atom. The minimum atomic E-state index is -0.0393. The monoisotopic (exact) mass is 235 g/mol. The number of carbonyl (C=O) groups is 1. The van der Waals surface area contributed by atoms with Crippen molar-refractivity contribution in [3.8, 4) is 0 Å². The Balaban J connectivity index is 2.83. The molecule has 5 nitrogen and oxygen atoms in total. The highest BCUT2D eigenvalue weighted by molar-refractivity contribution is 5.99. The van der Waals surface area contributed by atoms with E-state index in [9.17, 15) is 4.79 Å². The molecule has 1 aromatic carbocycles. The van der Waals surface area contributed by atoms with Gasteiger partial charge in [-0.1, -0.05) is 31.1 Å². The van der Waals surface area contributed by atoms with Crippen LogP contribution in [0.15, 0.2) is 29.4 Å². The average Bonchev–Trinajstić information content (AvgIpc) is 2.37. The van der Waals surface area contributed by atoms with Crippen LogP contribution in [-0.2, 0) is 4.79 Å². The first-order chi connectivity index (χ1) is 8.08. The van der Waals surface area contributed by atoms with Crippen LogP contribution in [0.5, 0.6) is 0 Å². The highest BCUT2D eigenvalue weighted by Gasteiger charge is 2.10. The van der Waals surface area contributed by atoms with E-state index in [2.05, 4.69) is 10.5 Å². The third kappa shape index (κ3) is 3.48. The molecule has 0 aliphatic rings. The molecule has 0 bridgehead atoms. The zero-order valence-electron chi connectivity index (χ0n) is 9.97. The number of nitrogens with two attached hydrogens (primary N) is 1. The Morgan fingerprint density at radius 2 is 2.29 bits per heavy atom. The molecule has 17 heavy (non-hydrogen) atoms. The first-order valence-corrected chi connectivity index (χ1v) is 5.47. The van der Waals surface area contributed by atoms with Gasteiger partial charge < -0.3 is 16.3 Å². The van der Waals surface area contributed by atoms with Crippen LogP contribution in [0.4, 0.5) is 5.69 Å². The molecule has 1 aromatic rings. The van der Waals surface area contributed by atoms with Crippen LogP contribution in [0.2, 0.25) is 0 Å². The molecule has 0 aromatic heterocycles. The zero-order chi connectivity index (χ0) is 12.8. The van der Waals surface area contributed by atoms with E-state index in [1.807, 2.05) is 13.8 Å². The Kier molecular flexibility index (Phi) is 4.51. The Bertz CT molecular complexity index is 430. The van der Waals surface area contributed by atoms with Crippen molar-refractivity contribution < 1.29 is 10.0 Å². The fourth-order valence-electron chi connectivity index (χ4n) is 1.26. The van der Waals surface area contributed by atoms with Crippen LogP contribution in [0.3, 0.4) is 0 Å². The van der Waals surface area contributed by atoms with Crippen LogP contribution < -0.4 is 11.1 Å². The van der Waals surface area contributed by atoms with Gasteiger partial charge in [0.2, 0.25) is 5.91 Å². The van der Waals surface area contributed by atoms with E-state index in [0.717, 1.165) is 6.42 Å². The molecule has 1 unspecified atom stereocenters. The lowest BCUT2D eigenvalue weighted by atomic mass is 10.1. The van der Waals surface area contributed by atoms with Crippen molar-refractivity contribution in [2.75, 3.05) is 5.32 Å². The standard InChI is InChI=1S/C12H17N3O2/c1-3-8(2)12(16)14-10-6-4-5-9(7-10)11(13)15-17/h4-8,17H,3H2,1-2H3,(H2,13,15)(H,14,16). The fraction of sp³-hybridized carbons (Fsp3) is 0.333. The fourth-order valence-corrected chi connectivity index (χ4v) is 1.26. The molecule has 0 saturated heterocycles. The van der Waals surface area contributed by atoms with E-state index < -0.39 is 0 Å². The number of hydrogen-bond acceptors (Lipinski definition) is 3.